The van der Waals surface area contributed by atoms with E-state index in [2.05, 4.69) is 17.4 Å². The van der Waals surface area contributed by atoms with Gasteiger partial charge in [0.25, 0.3) is 17.7 Å². The number of anilines is 2. The minimum absolute atomic E-state index is 0.0232. The number of hydrogen-bond acceptors (Lipinski definition) is 4. The van der Waals surface area contributed by atoms with Crippen LogP contribution >= 0.6 is 23.2 Å². The van der Waals surface area contributed by atoms with Gasteiger partial charge in [0.1, 0.15) is 17.3 Å². The Morgan fingerprint density at radius 1 is 0.921 bits per heavy atom. The van der Waals surface area contributed by atoms with Gasteiger partial charge in [0.2, 0.25) is 0 Å². The highest BCUT2D eigenvalue weighted by molar-refractivity contribution is 6.53. The fourth-order valence-corrected chi connectivity index (χ4v) is 5.06. The van der Waals surface area contributed by atoms with Gasteiger partial charge >= 0.3 is 0 Å². The topological polar surface area (TPSA) is 74.2 Å². The molecule has 2 N–H and O–H groups in total. The van der Waals surface area contributed by atoms with Crippen LogP contribution in [0.5, 0.6) is 0 Å². The Kier molecular flexibility index (Phi) is 7.51. The molecule has 1 fully saturated rings. The molecule has 1 saturated heterocycles. The summed E-state index contributed by atoms with van der Waals surface area (Å²) < 4.78 is 0. The molecule has 0 bridgehead atoms. The summed E-state index contributed by atoms with van der Waals surface area (Å²) in [4.78, 5) is 43.2. The third-order valence-electron chi connectivity index (χ3n) is 6.90. The number of nitrogens with zero attached hydrogens (tertiary/aromatic N) is 2. The van der Waals surface area contributed by atoms with E-state index in [0.717, 1.165) is 30.1 Å². The van der Waals surface area contributed by atoms with E-state index in [1.54, 1.807) is 42.5 Å². The van der Waals surface area contributed by atoms with Crippen LogP contribution in [0, 0.1) is 6.92 Å². The highest BCUT2D eigenvalue weighted by Gasteiger charge is 2.39. The Morgan fingerprint density at radius 2 is 1.61 bits per heavy atom. The second-order valence-corrected chi connectivity index (χ2v) is 10.3. The molecule has 0 aliphatic carbocycles. The first-order chi connectivity index (χ1) is 18.3. The van der Waals surface area contributed by atoms with Crippen LogP contribution in [0.2, 0.25) is 5.02 Å². The molecule has 5 rings (SSSR count). The standard InChI is InChI=1S/C29H26Cl2N4O3/c1-19-7-12-23(17-24(19)30)35-28(37)25(31)26(29(35)38)32-22-10-8-21(9-11-22)27(36)34-15-13-33(14-16-34)18-20-5-3-2-4-6-20/h2-12,17,32H,13-16,18H2,1H3/p+1. The van der Waals surface area contributed by atoms with Gasteiger partial charge in [0, 0.05) is 21.8 Å². The van der Waals surface area contributed by atoms with Crippen molar-refractivity contribution in [1.82, 2.24) is 4.90 Å². The molecular weight excluding hydrogens is 523 g/mol. The summed E-state index contributed by atoms with van der Waals surface area (Å²) in [5, 5.41) is 3.18. The third kappa shape index (κ3) is 5.31. The summed E-state index contributed by atoms with van der Waals surface area (Å²) in [6, 6.07) is 22.1. The Bertz CT molecular complexity index is 1420. The van der Waals surface area contributed by atoms with E-state index in [4.69, 9.17) is 23.2 Å². The second kappa shape index (κ2) is 11.0. The van der Waals surface area contributed by atoms with Crippen molar-refractivity contribution in [1.29, 1.82) is 0 Å². The Labute approximate surface area is 231 Å². The highest BCUT2D eigenvalue weighted by Crippen LogP contribution is 2.32. The van der Waals surface area contributed by atoms with Gasteiger partial charge in [-0.1, -0.05) is 59.6 Å². The summed E-state index contributed by atoms with van der Waals surface area (Å²) in [7, 11) is 0. The molecule has 0 radical (unpaired) electrons. The number of rotatable bonds is 6. The van der Waals surface area contributed by atoms with E-state index in [1.807, 2.05) is 30.0 Å². The summed E-state index contributed by atoms with van der Waals surface area (Å²) in [6.07, 6.45) is 0. The molecule has 0 aromatic heterocycles. The molecule has 7 nitrogen and oxygen atoms in total. The molecule has 38 heavy (non-hydrogen) atoms. The van der Waals surface area contributed by atoms with E-state index in [-0.39, 0.29) is 16.6 Å². The minimum Gasteiger partial charge on any atom is -0.350 e. The molecule has 0 saturated carbocycles. The zero-order chi connectivity index (χ0) is 26.8. The lowest BCUT2D eigenvalue weighted by Gasteiger charge is -2.32. The lowest BCUT2D eigenvalue weighted by Crippen LogP contribution is -3.13. The minimum atomic E-state index is -0.626. The van der Waals surface area contributed by atoms with Gasteiger partial charge in [-0.3, -0.25) is 14.4 Å². The number of benzene rings is 3. The maximum absolute atomic E-state index is 13.1. The Morgan fingerprint density at radius 3 is 2.26 bits per heavy atom. The van der Waals surface area contributed by atoms with E-state index in [0.29, 0.717) is 35.1 Å². The first-order valence-corrected chi connectivity index (χ1v) is 13.2. The van der Waals surface area contributed by atoms with Gasteiger partial charge in [-0.15, -0.1) is 0 Å². The van der Waals surface area contributed by atoms with E-state index in [1.165, 1.54) is 10.5 Å². The van der Waals surface area contributed by atoms with Crippen molar-refractivity contribution >= 4 is 52.3 Å². The van der Waals surface area contributed by atoms with E-state index >= 15 is 0 Å². The average molecular weight is 550 g/mol. The summed E-state index contributed by atoms with van der Waals surface area (Å²) in [5.74, 6) is -1.22. The number of piperazine rings is 1. The SMILES string of the molecule is Cc1ccc(N2C(=O)C(Cl)=C(Nc3ccc(C(=O)N4CC[NH+](Cc5ccccc5)CC4)cc3)C2=O)cc1Cl. The van der Waals surface area contributed by atoms with Gasteiger partial charge in [-0.25, -0.2) is 4.90 Å². The largest absolute Gasteiger partial charge is 0.350 e. The van der Waals surface area contributed by atoms with Crippen molar-refractivity contribution in [2.45, 2.75) is 13.5 Å². The number of quaternary nitrogens is 1. The molecular formula is C29H27Cl2N4O3+. The molecule has 3 aromatic carbocycles. The van der Waals surface area contributed by atoms with Crippen LogP contribution in [0.1, 0.15) is 21.5 Å². The molecule has 2 heterocycles. The van der Waals surface area contributed by atoms with Gasteiger partial charge in [0.15, 0.2) is 0 Å². The summed E-state index contributed by atoms with van der Waals surface area (Å²) in [6.45, 7) is 5.96. The maximum Gasteiger partial charge on any atom is 0.283 e. The van der Waals surface area contributed by atoms with E-state index < -0.39 is 11.8 Å². The predicted molar refractivity (Wildman–Crippen MR) is 148 cm³/mol. The highest BCUT2D eigenvalue weighted by atomic mass is 35.5. The van der Waals surface area contributed by atoms with Gasteiger partial charge in [-0.05, 0) is 48.9 Å². The lowest BCUT2D eigenvalue weighted by atomic mass is 10.1. The van der Waals surface area contributed by atoms with Crippen molar-refractivity contribution in [3.8, 4) is 0 Å². The molecule has 0 atom stereocenters. The molecule has 2 aliphatic rings. The van der Waals surface area contributed by atoms with Crippen molar-refractivity contribution in [3.63, 3.8) is 0 Å². The van der Waals surface area contributed by atoms with Crippen molar-refractivity contribution < 1.29 is 19.3 Å². The molecule has 194 valence electrons. The van der Waals surface area contributed by atoms with Crippen LogP contribution in [-0.2, 0) is 16.1 Å². The van der Waals surface area contributed by atoms with Gasteiger partial charge in [-0.2, -0.15) is 0 Å². The van der Waals surface area contributed by atoms with E-state index in [9.17, 15) is 14.4 Å². The number of amides is 3. The third-order valence-corrected chi connectivity index (χ3v) is 7.65. The van der Waals surface area contributed by atoms with Crippen LogP contribution in [0.4, 0.5) is 11.4 Å². The molecule has 9 heteroatoms. The molecule has 3 aromatic rings. The van der Waals surface area contributed by atoms with Crippen molar-refractivity contribution in [2.75, 3.05) is 36.4 Å². The zero-order valence-corrected chi connectivity index (χ0v) is 22.4. The number of nitrogens with one attached hydrogen (secondary N) is 2. The van der Waals surface area contributed by atoms with Gasteiger partial charge < -0.3 is 15.1 Å². The molecule has 0 spiro atoms. The van der Waals surface area contributed by atoms with Crippen LogP contribution in [0.25, 0.3) is 0 Å². The van der Waals surface area contributed by atoms with Crippen LogP contribution in [-0.4, -0.2) is 48.8 Å². The number of carbonyl (C=O) groups is 3. The van der Waals surface area contributed by atoms with Gasteiger partial charge in [0.05, 0.1) is 31.9 Å². The zero-order valence-electron chi connectivity index (χ0n) is 20.8. The van der Waals surface area contributed by atoms with Crippen molar-refractivity contribution in [3.05, 3.63) is 105 Å². The quantitative estimate of drug-likeness (QED) is 0.460. The van der Waals surface area contributed by atoms with Crippen LogP contribution < -0.4 is 15.1 Å². The molecule has 3 amide bonds. The monoisotopic (exact) mass is 549 g/mol. The first-order valence-electron chi connectivity index (χ1n) is 12.4. The number of halogens is 2. The first kappa shape index (κ1) is 26.0. The second-order valence-electron chi connectivity index (χ2n) is 9.48. The number of carbonyl (C=O) groups excluding carboxylic acids is 3. The fourth-order valence-electron chi connectivity index (χ4n) is 4.68. The number of aryl methyl sites for hydroxylation is 1. The van der Waals surface area contributed by atoms with Crippen LogP contribution in [0.15, 0.2) is 83.5 Å². The smallest absolute Gasteiger partial charge is 0.283 e. The Hall–Kier alpha value is -3.65. The van der Waals surface area contributed by atoms with Crippen LogP contribution in [0.3, 0.4) is 0 Å². The molecule has 0 unspecified atom stereocenters. The average Bonchev–Trinajstić information content (AvgIpc) is 3.14. The fraction of sp³-hybridized carbons (Fsp3) is 0.207. The predicted octanol–water partition coefficient (Wildman–Crippen LogP) is 3.63. The summed E-state index contributed by atoms with van der Waals surface area (Å²) >= 11 is 12.4. The lowest BCUT2D eigenvalue weighted by molar-refractivity contribution is -0.917. The number of hydrogen-bond donors (Lipinski definition) is 2. The molecule has 2 aliphatic heterocycles. The normalized spacial score (nSPS) is 16.4. The van der Waals surface area contributed by atoms with Crippen molar-refractivity contribution in [2.24, 2.45) is 0 Å². The summed E-state index contributed by atoms with van der Waals surface area (Å²) in [5.41, 5.74) is 3.55. The maximum atomic E-state index is 13.1. The number of imide groups is 1. The Balaban J connectivity index is 1.20.